The highest BCUT2D eigenvalue weighted by atomic mass is 32.2. The number of fused-ring (bicyclic) bond motifs is 1. The zero-order chi connectivity index (χ0) is 18.9. The minimum atomic E-state index is -0.927. The van der Waals surface area contributed by atoms with Crippen LogP contribution in [-0.4, -0.2) is 22.6 Å². The molecule has 1 unspecified atom stereocenters. The van der Waals surface area contributed by atoms with Gasteiger partial charge in [-0.05, 0) is 45.4 Å². The van der Waals surface area contributed by atoms with Crippen molar-refractivity contribution >= 4 is 35.0 Å². The van der Waals surface area contributed by atoms with Gasteiger partial charge >= 0.3 is 0 Å². The lowest BCUT2D eigenvalue weighted by Crippen LogP contribution is -2.60. The summed E-state index contributed by atoms with van der Waals surface area (Å²) in [4.78, 5) is 27.4. The third-order valence-electron chi connectivity index (χ3n) is 4.66. The van der Waals surface area contributed by atoms with Gasteiger partial charge in [-0.1, -0.05) is 42.0 Å². The van der Waals surface area contributed by atoms with Crippen LogP contribution in [0.5, 0.6) is 0 Å². The van der Waals surface area contributed by atoms with Gasteiger partial charge in [-0.25, -0.2) is 0 Å². The molecule has 0 fully saturated rings. The van der Waals surface area contributed by atoms with E-state index < -0.39 is 5.54 Å². The predicted octanol–water partition coefficient (Wildman–Crippen LogP) is 4.38. The summed E-state index contributed by atoms with van der Waals surface area (Å²) in [5, 5.41) is 2.64. The number of carbonyl (C=O) groups is 2. The highest BCUT2D eigenvalue weighted by molar-refractivity contribution is 7.99. The second kappa shape index (κ2) is 7.16. The van der Waals surface area contributed by atoms with E-state index in [1.54, 1.807) is 30.5 Å². The van der Waals surface area contributed by atoms with Crippen molar-refractivity contribution < 1.29 is 9.59 Å². The lowest BCUT2D eigenvalue weighted by molar-refractivity contribution is -0.126. The zero-order valence-corrected chi connectivity index (χ0v) is 16.4. The van der Waals surface area contributed by atoms with E-state index in [0.717, 1.165) is 11.4 Å². The van der Waals surface area contributed by atoms with Crippen molar-refractivity contribution in [2.45, 2.75) is 44.2 Å². The van der Waals surface area contributed by atoms with Crippen LogP contribution < -0.4 is 10.2 Å². The minimum absolute atomic E-state index is 0.0463. The number of hydrogen-bond donors (Lipinski definition) is 1. The largest absolute Gasteiger partial charge is 0.322 e. The Hall–Kier alpha value is -2.27. The van der Waals surface area contributed by atoms with Gasteiger partial charge in [-0.15, -0.1) is 11.8 Å². The van der Waals surface area contributed by atoms with Crippen molar-refractivity contribution in [1.82, 2.24) is 0 Å². The minimum Gasteiger partial charge on any atom is -0.322 e. The first-order valence-electron chi connectivity index (χ1n) is 8.72. The van der Waals surface area contributed by atoms with Gasteiger partial charge in [-0.2, -0.15) is 0 Å². The monoisotopic (exact) mass is 368 g/mol. The molecule has 2 amide bonds. The fourth-order valence-corrected chi connectivity index (χ4v) is 3.99. The molecule has 0 spiro atoms. The molecule has 2 aromatic rings. The van der Waals surface area contributed by atoms with E-state index in [1.807, 2.05) is 37.3 Å². The summed E-state index contributed by atoms with van der Waals surface area (Å²) in [7, 11) is 0. The van der Waals surface area contributed by atoms with Crippen LogP contribution in [0.2, 0.25) is 0 Å². The third-order valence-corrected chi connectivity index (χ3v) is 5.86. The van der Waals surface area contributed by atoms with Crippen LogP contribution in [0.4, 0.5) is 11.4 Å². The molecule has 0 radical (unpaired) electrons. The molecule has 1 N–H and O–H groups in total. The molecule has 0 saturated heterocycles. The van der Waals surface area contributed by atoms with Gasteiger partial charge in [0.15, 0.2) is 0 Å². The summed E-state index contributed by atoms with van der Waals surface area (Å²) in [5.41, 5.74) is 2.92. The normalized spacial score (nSPS) is 16.6. The number of amides is 2. The van der Waals surface area contributed by atoms with E-state index in [1.165, 1.54) is 11.1 Å². The molecule has 136 valence electrons. The van der Waals surface area contributed by atoms with Gasteiger partial charge < -0.3 is 5.32 Å². The molecule has 26 heavy (non-hydrogen) atoms. The summed E-state index contributed by atoms with van der Waals surface area (Å²) in [5.74, 6) is 0.548. The first kappa shape index (κ1) is 18.5. The lowest BCUT2D eigenvalue weighted by Gasteiger charge is -2.43. The van der Waals surface area contributed by atoms with E-state index in [4.69, 9.17) is 0 Å². The molecular weight excluding hydrogens is 344 g/mol. The number of benzene rings is 2. The van der Waals surface area contributed by atoms with E-state index in [-0.39, 0.29) is 17.1 Å². The molecule has 2 aromatic carbocycles. The lowest BCUT2D eigenvalue weighted by atomic mass is 9.96. The quantitative estimate of drug-likeness (QED) is 0.871. The Morgan fingerprint density at radius 1 is 1.19 bits per heavy atom. The van der Waals surface area contributed by atoms with Crippen molar-refractivity contribution in [2.24, 2.45) is 0 Å². The van der Waals surface area contributed by atoms with Crippen LogP contribution in [0.15, 0.2) is 48.5 Å². The van der Waals surface area contributed by atoms with Gasteiger partial charge in [0.25, 0.3) is 0 Å². The molecule has 3 rings (SSSR count). The van der Waals surface area contributed by atoms with Crippen LogP contribution in [-0.2, 0) is 15.3 Å². The van der Waals surface area contributed by atoms with Gasteiger partial charge in [0.2, 0.25) is 11.8 Å². The van der Waals surface area contributed by atoms with Crippen LogP contribution >= 0.6 is 11.8 Å². The molecule has 5 heteroatoms. The molecule has 1 aliphatic heterocycles. The number of nitrogens with zero attached hydrogens (tertiary/aromatic N) is 1. The highest BCUT2D eigenvalue weighted by Crippen LogP contribution is 2.38. The number of rotatable bonds is 4. The molecule has 1 aliphatic rings. The maximum absolute atomic E-state index is 13.2. The second-order valence-corrected chi connectivity index (χ2v) is 8.48. The van der Waals surface area contributed by atoms with E-state index >= 15 is 0 Å². The summed E-state index contributed by atoms with van der Waals surface area (Å²) in [6, 6.07) is 15.8. The Kier molecular flexibility index (Phi) is 5.10. The van der Waals surface area contributed by atoms with Crippen molar-refractivity contribution in [1.29, 1.82) is 0 Å². The number of nitrogens with one attached hydrogen (secondary N) is 1. The van der Waals surface area contributed by atoms with Crippen LogP contribution in [0.1, 0.15) is 31.9 Å². The van der Waals surface area contributed by atoms with Gasteiger partial charge in [0, 0.05) is 5.75 Å². The average molecular weight is 369 g/mol. The smallest absolute Gasteiger partial charge is 0.250 e. The number of thioether (sulfide) groups is 1. The van der Waals surface area contributed by atoms with Crippen molar-refractivity contribution in [3.8, 4) is 0 Å². The number of para-hydroxylation sites is 2. The summed E-state index contributed by atoms with van der Waals surface area (Å²) >= 11 is 1.59. The van der Waals surface area contributed by atoms with E-state index in [2.05, 4.69) is 30.4 Å². The highest BCUT2D eigenvalue weighted by Gasteiger charge is 2.44. The molecule has 4 nitrogen and oxygen atoms in total. The first-order chi connectivity index (χ1) is 12.3. The van der Waals surface area contributed by atoms with Gasteiger partial charge in [-0.3, -0.25) is 14.5 Å². The Bertz CT molecular complexity index is 847. The molecule has 0 saturated carbocycles. The fourth-order valence-electron chi connectivity index (χ4n) is 3.12. The fraction of sp³-hybridized carbons (Fsp3) is 0.333. The summed E-state index contributed by atoms with van der Waals surface area (Å²) in [6.07, 6.45) is 0. The maximum atomic E-state index is 13.2. The Morgan fingerprint density at radius 3 is 2.65 bits per heavy atom. The summed E-state index contributed by atoms with van der Waals surface area (Å²) in [6.45, 7) is 7.55. The molecule has 0 aliphatic carbocycles. The maximum Gasteiger partial charge on any atom is 0.250 e. The SMILES string of the molecule is Cc1cccc(CSC(C)C(=O)N2c3ccccc3NC(=O)C2(C)C)c1. The molecular formula is C21H24N2O2S. The van der Waals surface area contributed by atoms with Crippen LogP contribution in [0, 0.1) is 6.92 Å². The number of aryl methyl sites for hydroxylation is 1. The molecule has 0 aromatic heterocycles. The Balaban J connectivity index is 1.82. The van der Waals surface area contributed by atoms with Crippen molar-refractivity contribution in [3.05, 3.63) is 59.7 Å². The first-order valence-corrected chi connectivity index (χ1v) is 9.77. The van der Waals surface area contributed by atoms with E-state index in [0.29, 0.717) is 5.69 Å². The van der Waals surface area contributed by atoms with Crippen LogP contribution in [0.3, 0.4) is 0 Å². The van der Waals surface area contributed by atoms with E-state index in [9.17, 15) is 9.59 Å². The second-order valence-electron chi connectivity index (χ2n) is 7.15. The Labute approximate surface area is 159 Å². The zero-order valence-electron chi connectivity index (χ0n) is 15.6. The van der Waals surface area contributed by atoms with Gasteiger partial charge in [0.05, 0.1) is 16.6 Å². The molecule has 0 bridgehead atoms. The Morgan fingerprint density at radius 2 is 1.92 bits per heavy atom. The standard InChI is InChI=1S/C21H24N2O2S/c1-14-8-7-9-16(12-14)13-26-15(2)19(24)23-18-11-6-5-10-17(18)22-20(25)21(23,3)4/h5-12,15H,13H2,1-4H3,(H,22,25). The van der Waals surface area contributed by atoms with Crippen molar-refractivity contribution in [3.63, 3.8) is 0 Å². The third kappa shape index (κ3) is 3.49. The van der Waals surface area contributed by atoms with Crippen LogP contribution in [0.25, 0.3) is 0 Å². The van der Waals surface area contributed by atoms with Crippen molar-refractivity contribution in [2.75, 3.05) is 10.2 Å². The predicted molar refractivity (Wildman–Crippen MR) is 109 cm³/mol. The molecule has 1 heterocycles. The average Bonchev–Trinajstić information content (AvgIpc) is 2.60. The number of anilines is 2. The van der Waals surface area contributed by atoms with Gasteiger partial charge in [0.1, 0.15) is 5.54 Å². The number of carbonyl (C=O) groups excluding carboxylic acids is 2. The number of hydrogen-bond acceptors (Lipinski definition) is 3. The topological polar surface area (TPSA) is 49.4 Å². The molecule has 1 atom stereocenters. The summed E-state index contributed by atoms with van der Waals surface area (Å²) < 4.78 is 0.